The van der Waals surface area contributed by atoms with Crippen LogP contribution in [0.3, 0.4) is 0 Å². The number of carbonyl (C=O) groups excluding carboxylic acids is 3. The van der Waals surface area contributed by atoms with Crippen molar-refractivity contribution in [1.29, 1.82) is 0 Å². The fourth-order valence-corrected chi connectivity index (χ4v) is 3.70. The molecule has 15 heteroatoms. The molecule has 15 nitrogen and oxygen atoms in total. The Kier molecular flexibility index (Phi) is 7.64. The minimum Gasteiger partial charge on any atom is -0.481 e. The second kappa shape index (κ2) is 10.6. The first kappa shape index (κ1) is 25.8. The summed E-state index contributed by atoms with van der Waals surface area (Å²) in [7, 11) is 0. The Labute approximate surface area is 202 Å². The second-order valence-corrected chi connectivity index (χ2v) is 8.06. The molecule has 2 atom stereocenters. The smallest absolute Gasteiger partial charge is 0.326 e. The van der Waals surface area contributed by atoms with Gasteiger partial charge in [-0.25, -0.2) is 14.4 Å². The lowest BCUT2D eigenvalue weighted by Gasteiger charge is -2.32. The van der Waals surface area contributed by atoms with Crippen LogP contribution in [0.25, 0.3) is 0 Å². The Morgan fingerprint density at radius 2 is 1.86 bits per heavy atom. The fourth-order valence-electron chi connectivity index (χ4n) is 3.70. The summed E-state index contributed by atoms with van der Waals surface area (Å²) in [5.74, 6) is -3.19. The van der Waals surface area contributed by atoms with Crippen LogP contribution < -0.4 is 31.7 Å². The number of nitrogens with two attached hydrogens (primary N) is 1. The van der Waals surface area contributed by atoms with Crippen LogP contribution in [0.2, 0.25) is 0 Å². The summed E-state index contributed by atoms with van der Waals surface area (Å²) in [4.78, 5) is 77.1. The molecule has 1 aromatic heterocycles. The molecule has 0 radical (unpaired) electrons. The number of carbonyl (C=O) groups is 5. The molecule has 1 aromatic carbocycles. The molecule has 8 N–H and O–H groups in total. The van der Waals surface area contributed by atoms with E-state index < -0.39 is 46.4 Å². The summed E-state index contributed by atoms with van der Waals surface area (Å²) in [6, 6.07) is 3.38. The van der Waals surface area contributed by atoms with Crippen molar-refractivity contribution in [2.75, 3.05) is 29.5 Å². The third-order valence-corrected chi connectivity index (χ3v) is 5.56. The maximum absolute atomic E-state index is 12.5. The van der Waals surface area contributed by atoms with Gasteiger partial charge in [0, 0.05) is 30.7 Å². The molecule has 0 saturated carbocycles. The van der Waals surface area contributed by atoms with Gasteiger partial charge in [0.05, 0.1) is 6.04 Å². The number of quaternary nitrogens is 1. The highest BCUT2D eigenvalue weighted by Crippen LogP contribution is 2.25. The van der Waals surface area contributed by atoms with Crippen molar-refractivity contribution < 1.29 is 34.2 Å². The largest absolute Gasteiger partial charge is 0.481 e. The number of imide groups is 1. The molecule has 0 fully saturated rings. The molecule has 2 unspecified atom stereocenters. The van der Waals surface area contributed by atoms with Crippen LogP contribution in [0.4, 0.5) is 23.1 Å². The summed E-state index contributed by atoms with van der Waals surface area (Å²) >= 11 is 0. The van der Waals surface area contributed by atoms with Gasteiger partial charge in [-0.15, -0.1) is 0 Å². The first-order chi connectivity index (χ1) is 17.1. The van der Waals surface area contributed by atoms with Crippen molar-refractivity contribution in [3.8, 4) is 0 Å². The first-order valence-corrected chi connectivity index (χ1v) is 10.6. The highest BCUT2D eigenvalue weighted by molar-refractivity contribution is 5.97. The predicted molar refractivity (Wildman–Crippen MR) is 126 cm³/mol. The Morgan fingerprint density at radius 3 is 2.44 bits per heavy atom. The van der Waals surface area contributed by atoms with Crippen LogP contribution in [0.1, 0.15) is 23.2 Å². The summed E-state index contributed by atoms with van der Waals surface area (Å²) in [6.07, 6.45) is 0.0776. The van der Waals surface area contributed by atoms with E-state index in [0.29, 0.717) is 12.8 Å². The number of nitrogen functional groups attached to an aromatic ring is 1. The molecule has 0 saturated heterocycles. The molecule has 3 rings (SSSR count). The van der Waals surface area contributed by atoms with Gasteiger partial charge >= 0.3 is 24.8 Å². The summed E-state index contributed by atoms with van der Waals surface area (Å²) < 4.78 is -0.798. The Hall–Kier alpha value is -4.79. The Balaban J connectivity index is 1.76. The number of carboxylic acid groups (broad SMARTS) is 2. The zero-order valence-electron chi connectivity index (χ0n) is 18.8. The van der Waals surface area contributed by atoms with Crippen LogP contribution in [0.5, 0.6) is 0 Å². The zero-order chi connectivity index (χ0) is 26.5. The third-order valence-electron chi connectivity index (χ3n) is 5.56. The lowest BCUT2D eigenvalue weighted by atomic mass is 10.1. The molecule has 2 heterocycles. The summed E-state index contributed by atoms with van der Waals surface area (Å²) in [6.45, 7) is 0.128. The molecule has 36 heavy (non-hydrogen) atoms. The number of hydrogen-bond acceptors (Lipinski definition) is 10. The number of aliphatic carboxylic acids is 2. The van der Waals surface area contributed by atoms with E-state index in [-0.39, 0.29) is 48.2 Å². The average molecular weight is 502 g/mol. The van der Waals surface area contributed by atoms with Gasteiger partial charge in [0.15, 0.2) is 5.82 Å². The Bertz CT molecular complexity index is 1240. The van der Waals surface area contributed by atoms with Gasteiger partial charge in [0.25, 0.3) is 11.5 Å². The normalized spacial score (nSPS) is 15.4. The van der Waals surface area contributed by atoms with E-state index in [1.165, 1.54) is 24.3 Å². The minimum absolute atomic E-state index is 0.0387. The molecule has 0 aliphatic carbocycles. The van der Waals surface area contributed by atoms with E-state index in [0.717, 1.165) is 0 Å². The van der Waals surface area contributed by atoms with Crippen LogP contribution in [0.15, 0.2) is 29.1 Å². The second-order valence-electron chi connectivity index (χ2n) is 8.06. The topological polar surface area (TPSA) is 234 Å². The number of aromatic nitrogens is 2. The number of hydrogen-bond donors (Lipinski definition) is 7. The zero-order valence-corrected chi connectivity index (χ0v) is 18.8. The molecule has 1 aliphatic heterocycles. The van der Waals surface area contributed by atoms with Crippen molar-refractivity contribution in [3.05, 3.63) is 40.2 Å². The molecule has 190 valence electrons. The monoisotopic (exact) mass is 502 g/mol. The average Bonchev–Trinajstić information content (AvgIpc) is 2.85. The lowest BCUT2D eigenvalue weighted by molar-refractivity contribution is -0.140. The number of nitrogens with zero attached hydrogens (tertiary/aromatic N) is 2. The highest BCUT2D eigenvalue weighted by atomic mass is 16.4. The number of aromatic amines is 1. The predicted octanol–water partition coefficient (Wildman–Crippen LogP) is -1.07. The Morgan fingerprint density at radius 1 is 1.19 bits per heavy atom. The number of H-pyrrole nitrogens is 1. The molecule has 2 aromatic rings. The molecule has 0 spiro atoms. The van der Waals surface area contributed by atoms with Crippen molar-refractivity contribution in [3.63, 3.8) is 0 Å². The van der Waals surface area contributed by atoms with Crippen molar-refractivity contribution in [2.24, 2.45) is 0 Å². The van der Waals surface area contributed by atoms with E-state index in [1.54, 1.807) is 0 Å². The van der Waals surface area contributed by atoms with Gasteiger partial charge in [-0.2, -0.15) is 9.47 Å². The number of rotatable bonds is 11. The number of benzene rings is 1. The molecule has 3 amide bonds. The maximum atomic E-state index is 12.5. The van der Waals surface area contributed by atoms with Gasteiger partial charge < -0.3 is 31.9 Å². The van der Waals surface area contributed by atoms with Crippen molar-refractivity contribution in [2.45, 2.75) is 24.9 Å². The number of nitrogens with one attached hydrogen (secondary N) is 4. The number of amides is 3. The van der Waals surface area contributed by atoms with Crippen molar-refractivity contribution in [1.82, 2.24) is 19.8 Å². The molecular formula is C21H24N7O8+. The highest BCUT2D eigenvalue weighted by Gasteiger charge is 2.36. The van der Waals surface area contributed by atoms with E-state index in [1.807, 2.05) is 0 Å². The van der Waals surface area contributed by atoms with Crippen LogP contribution >= 0.6 is 0 Å². The minimum atomic E-state index is -1.41. The van der Waals surface area contributed by atoms with Gasteiger partial charge in [0.2, 0.25) is 5.95 Å². The van der Waals surface area contributed by atoms with Crippen LogP contribution in [0, 0.1) is 0 Å². The van der Waals surface area contributed by atoms with Crippen LogP contribution in [-0.4, -0.2) is 76.0 Å². The van der Waals surface area contributed by atoms with Gasteiger partial charge in [-0.3, -0.25) is 19.4 Å². The quantitative estimate of drug-likeness (QED) is 0.144. The maximum Gasteiger partial charge on any atom is 0.326 e. The third kappa shape index (κ3) is 5.64. The number of fused-ring (bicyclic) bond motifs is 1. The molecular weight excluding hydrogens is 478 g/mol. The summed E-state index contributed by atoms with van der Waals surface area (Å²) in [5, 5.41) is 26.1. The van der Waals surface area contributed by atoms with Crippen LogP contribution in [-0.2, 0) is 19.2 Å². The van der Waals surface area contributed by atoms with Gasteiger partial charge in [0.1, 0.15) is 24.0 Å². The van der Waals surface area contributed by atoms with E-state index in [9.17, 15) is 33.9 Å². The summed E-state index contributed by atoms with van der Waals surface area (Å²) in [5.41, 5.74) is 5.37. The van der Waals surface area contributed by atoms with E-state index in [2.05, 4.69) is 25.9 Å². The van der Waals surface area contributed by atoms with Crippen molar-refractivity contribution >= 4 is 53.8 Å². The number of anilines is 3. The molecule has 0 bridgehead atoms. The first-order valence-electron chi connectivity index (χ1n) is 10.6. The standard InChI is InChI=1S/C21H23N7O8/c22-21-26-17-16(19(34)27-21)24-12(7-23-17)8-28(9-29,10-30)13-3-1-11(2-4-13)18(33)25-14(20(35)36)5-6-15(31)32/h1-4,9-10,12,14,24H,5-8H2,(H6-,22,23,25,26,27,31,32,33,34,35,36)/p+1. The number of carboxylic acids is 2. The van der Waals surface area contributed by atoms with E-state index >= 15 is 0 Å². The van der Waals surface area contributed by atoms with Gasteiger partial charge in [-0.1, -0.05) is 0 Å². The SMILES string of the molecule is Nc1nc2c(c(=O)[nH]1)NC(C[N+](C=O)(C=O)c1ccc(C(=O)NC(CCC(=O)O)C(=O)O)cc1)CN2. The van der Waals surface area contributed by atoms with Gasteiger partial charge in [-0.05, 0) is 18.6 Å². The lowest BCUT2D eigenvalue weighted by Crippen LogP contribution is -2.56. The fraction of sp³-hybridized carbons (Fsp3) is 0.286. The van der Waals surface area contributed by atoms with E-state index in [4.69, 9.17) is 10.8 Å². The molecule has 1 aliphatic rings.